The summed E-state index contributed by atoms with van der Waals surface area (Å²) in [6, 6.07) is 19.2. The number of rotatable bonds is 18. The van der Waals surface area contributed by atoms with E-state index >= 15 is 0 Å². The smallest absolute Gasteiger partial charge is 0.251 e. The number of hydrogen-bond donors (Lipinski definition) is 4. The second-order valence-corrected chi connectivity index (χ2v) is 20.5. The fourth-order valence-corrected chi connectivity index (χ4v) is 9.88. The van der Waals surface area contributed by atoms with Crippen molar-refractivity contribution in [2.45, 2.75) is 111 Å². The van der Waals surface area contributed by atoms with E-state index in [-0.39, 0.29) is 56.2 Å². The Bertz CT molecular complexity index is 2370. The molecule has 4 amide bonds. The van der Waals surface area contributed by atoms with Gasteiger partial charge in [-0.1, -0.05) is 95.7 Å². The number of nitrogens with zero attached hydrogens (tertiary/aromatic N) is 4. The summed E-state index contributed by atoms with van der Waals surface area (Å²) < 4.78 is 17.9. The maximum absolute atomic E-state index is 14.0. The normalized spacial score (nSPS) is 20.5. The van der Waals surface area contributed by atoms with Gasteiger partial charge >= 0.3 is 0 Å². The van der Waals surface area contributed by atoms with Crippen LogP contribution in [0.5, 0.6) is 11.5 Å². The number of benzene rings is 3. The summed E-state index contributed by atoms with van der Waals surface area (Å²) in [4.78, 5) is 55.4. The molecule has 2 heterocycles. The maximum atomic E-state index is 14.0. The van der Waals surface area contributed by atoms with Gasteiger partial charge in [-0.3, -0.25) is 19.2 Å². The number of ether oxygens (including phenoxy) is 3. The maximum Gasteiger partial charge on any atom is 0.251 e. The zero-order chi connectivity index (χ0) is 48.0. The van der Waals surface area contributed by atoms with Crippen LogP contribution in [0.4, 0.5) is 0 Å². The van der Waals surface area contributed by atoms with Gasteiger partial charge in [-0.05, 0) is 67.1 Å². The number of aliphatic hydroxyl groups excluding tert-OH is 1. The molecule has 1 aromatic heterocycles. The quantitative estimate of drug-likeness (QED) is 0.0757. The minimum atomic E-state index is -0.976. The molecular weight excluding hydrogens is 882 g/mol. The van der Waals surface area contributed by atoms with E-state index in [0.717, 1.165) is 16.1 Å². The summed E-state index contributed by atoms with van der Waals surface area (Å²) in [6.07, 6.45) is 0.224. The molecule has 4 N–H and O–H groups in total. The van der Waals surface area contributed by atoms with Gasteiger partial charge in [0, 0.05) is 53.6 Å². The van der Waals surface area contributed by atoms with Crippen molar-refractivity contribution in [3.8, 4) is 28.1 Å². The summed E-state index contributed by atoms with van der Waals surface area (Å²) >= 11 is 7.66. The van der Waals surface area contributed by atoms with Gasteiger partial charge < -0.3 is 40.2 Å². The molecule has 352 valence electrons. The van der Waals surface area contributed by atoms with E-state index in [0.29, 0.717) is 47.1 Å². The number of hydrogen-bond acceptors (Lipinski definition) is 12. The molecule has 0 radical (unpaired) electrons. The molecule has 0 unspecified atom stereocenters. The first-order valence-corrected chi connectivity index (χ1v) is 23.4. The third kappa shape index (κ3) is 11.7. The van der Waals surface area contributed by atoms with Gasteiger partial charge in [-0.25, -0.2) is 0 Å². The third-order valence-electron chi connectivity index (χ3n) is 12.4. The van der Waals surface area contributed by atoms with Gasteiger partial charge in [0.05, 0.1) is 29.3 Å². The molecule has 4 atom stereocenters. The Balaban J connectivity index is 0.903. The van der Waals surface area contributed by atoms with Gasteiger partial charge in [-0.2, -0.15) is 5.26 Å². The molecule has 2 aliphatic rings. The highest BCUT2D eigenvalue weighted by Gasteiger charge is 2.64. The Labute approximate surface area is 395 Å². The van der Waals surface area contributed by atoms with E-state index in [4.69, 9.17) is 25.8 Å². The molecule has 2 fully saturated rings. The highest BCUT2D eigenvalue weighted by molar-refractivity contribution is 7.12. The van der Waals surface area contributed by atoms with E-state index in [9.17, 15) is 29.5 Å². The number of aliphatic hydroxyl groups is 1. The predicted molar refractivity (Wildman–Crippen MR) is 251 cm³/mol. The van der Waals surface area contributed by atoms with E-state index in [1.165, 1.54) is 16.2 Å². The lowest BCUT2D eigenvalue weighted by Gasteiger charge is -2.63. The van der Waals surface area contributed by atoms with Crippen molar-refractivity contribution in [1.29, 1.82) is 5.26 Å². The average molecular weight is 943 g/mol. The third-order valence-corrected chi connectivity index (χ3v) is 13.4. The van der Waals surface area contributed by atoms with Crippen molar-refractivity contribution in [1.82, 2.24) is 31.0 Å². The van der Waals surface area contributed by atoms with Crippen molar-refractivity contribution in [3.63, 3.8) is 0 Å². The van der Waals surface area contributed by atoms with Crippen LogP contribution < -0.4 is 25.4 Å². The van der Waals surface area contributed by atoms with Crippen LogP contribution in [-0.4, -0.2) is 101 Å². The van der Waals surface area contributed by atoms with Crippen LogP contribution in [0.1, 0.15) is 102 Å². The lowest BCUT2D eigenvalue weighted by Crippen LogP contribution is -2.74. The lowest BCUT2D eigenvalue weighted by molar-refractivity contribution is -0.164. The molecule has 1 aliphatic carbocycles. The van der Waals surface area contributed by atoms with Crippen LogP contribution in [0.2, 0.25) is 5.02 Å². The monoisotopic (exact) mass is 941 g/mol. The van der Waals surface area contributed by atoms with E-state index in [2.05, 4.69) is 59.9 Å². The first-order chi connectivity index (χ1) is 31.2. The molecule has 15 nitrogen and oxygen atoms in total. The molecule has 0 bridgehead atoms. The second-order valence-electron chi connectivity index (χ2n) is 19.3. The summed E-state index contributed by atoms with van der Waals surface area (Å²) in [5.41, 5.74) is 2.81. The standard InChI is InChI=1S/C49H60ClN7O8S/c1-29(30-11-13-32(14-12-30)43-56-52-28-66-43)53-42(61)38-23-34(58)26-57(38)44(62)40(47(2,3)4)54-39(59)27-63-21-9-10-22-64-35-18-15-31(16-19-35)41(60)55-45-48(5,6)46(49(45,7)8)65-36-20-17-33(25-51)37(50)24-36/h11-20,24,28-29,34,38,40,45-46,58H,9-10,21-23,26-27H2,1-8H3,(H,53,61)(H,54,59)(H,55,60)/t29-,34+,38-,40+,45-,46-/m0/s1. The molecule has 4 aromatic rings. The fraction of sp³-hybridized carbons (Fsp3) is 0.490. The largest absolute Gasteiger partial charge is 0.494 e. The lowest BCUT2D eigenvalue weighted by atomic mass is 9.49. The summed E-state index contributed by atoms with van der Waals surface area (Å²) in [5.74, 6) is -0.342. The summed E-state index contributed by atoms with van der Waals surface area (Å²) in [6.45, 7) is 15.9. The minimum absolute atomic E-state index is 0.0309. The Morgan fingerprint density at radius 1 is 0.970 bits per heavy atom. The molecule has 6 rings (SSSR count). The Morgan fingerprint density at radius 2 is 1.64 bits per heavy atom. The predicted octanol–water partition coefficient (Wildman–Crippen LogP) is 6.89. The zero-order valence-electron chi connectivity index (χ0n) is 38.7. The van der Waals surface area contributed by atoms with Crippen LogP contribution in [0.15, 0.2) is 72.2 Å². The highest BCUT2D eigenvalue weighted by Crippen LogP contribution is 2.55. The SMILES string of the molecule is C[C@H](NC(=O)[C@@H]1C[C@@H](O)CN1C(=O)[C@@H](NC(=O)COCCCCOc1ccc(C(=O)N[C@H]2C(C)(C)[C@H](Oc3ccc(C#N)c(Cl)c3)C2(C)C)cc1)C(C)(C)C)c1ccc(-c2nncs2)cc1. The number of β-amino-alcohol motifs (C(OH)–C–C–N with tert-alkyl or cyclic N) is 1. The van der Waals surface area contributed by atoms with Crippen LogP contribution in [-0.2, 0) is 19.1 Å². The number of unbranched alkanes of at least 4 members (excludes halogenated alkanes) is 1. The number of aromatic nitrogens is 2. The van der Waals surface area contributed by atoms with Gasteiger partial charge in [0.15, 0.2) is 0 Å². The summed E-state index contributed by atoms with van der Waals surface area (Å²) in [7, 11) is 0. The van der Waals surface area contributed by atoms with Gasteiger partial charge in [-0.15, -0.1) is 10.2 Å². The topological polar surface area (TPSA) is 205 Å². The number of nitriles is 1. The number of carbonyl (C=O) groups excluding carboxylic acids is 4. The van der Waals surface area contributed by atoms with Gasteiger partial charge in [0.2, 0.25) is 17.7 Å². The van der Waals surface area contributed by atoms with Gasteiger partial charge in [0.1, 0.15) is 52.9 Å². The number of amides is 4. The first-order valence-electron chi connectivity index (χ1n) is 22.1. The van der Waals surface area contributed by atoms with Crippen LogP contribution in [0.3, 0.4) is 0 Å². The number of halogens is 1. The van der Waals surface area contributed by atoms with Crippen molar-refractivity contribution in [3.05, 3.63) is 94.0 Å². The van der Waals surface area contributed by atoms with Crippen molar-refractivity contribution >= 4 is 46.6 Å². The molecular formula is C49H60ClN7O8S. The molecule has 0 spiro atoms. The number of carbonyl (C=O) groups is 4. The molecule has 3 aromatic carbocycles. The van der Waals surface area contributed by atoms with Gasteiger partial charge in [0.25, 0.3) is 5.91 Å². The molecule has 1 saturated carbocycles. The molecule has 1 saturated heterocycles. The molecule has 66 heavy (non-hydrogen) atoms. The van der Waals surface area contributed by atoms with E-state index in [1.54, 1.807) is 48.0 Å². The fourth-order valence-electron chi connectivity index (χ4n) is 9.10. The Hall–Kier alpha value is -5.60. The minimum Gasteiger partial charge on any atom is -0.494 e. The van der Waals surface area contributed by atoms with Crippen molar-refractivity contribution < 1.29 is 38.5 Å². The van der Waals surface area contributed by atoms with Crippen molar-refractivity contribution in [2.24, 2.45) is 16.2 Å². The summed E-state index contributed by atoms with van der Waals surface area (Å²) in [5, 5.41) is 37.9. The Morgan fingerprint density at radius 3 is 2.26 bits per heavy atom. The van der Waals surface area contributed by atoms with Crippen LogP contribution in [0.25, 0.3) is 10.6 Å². The molecule has 17 heteroatoms. The second kappa shape index (κ2) is 20.9. The number of likely N-dealkylation sites (tertiary alicyclic amines) is 1. The Kier molecular flexibility index (Phi) is 15.8. The highest BCUT2D eigenvalue weighted by atomic mass is 35.5. The first kappa shape index (κ1) is 49.8. The van der Waals surface area contributed by atoms with Crippen LogP contribution in [0, 0.1) is 27.6 Å². The zero-order valence-corrected chi connectivity index (χ0v) is 40.3. The van der Waals surface area contributed by atoms with E-state index < -0.39 is 46.2 Å². The average Bonchev–Trinajstić information content (AvgIpc) is 3.96. The number of nitrogens with one attached hydrogen (secondary N) is 3. The van der Waals surface area contributed by atoms with Crippen LogP contribution >= 0.6 is 22.9 Å². The molecule has 1 aliphatic heterocycles. The van der Waals surface area contributed by atoms with E-state index in [1.807, 2.05) is 52.0 Å². The van der Waals surface area contributed by atoms with Crippen molar-refractivity contribution in [2.75, 3.05) is 26.4 Å².